The molecule has 1 aromatic carbocycles. The van der Waals surface area contributed by atoms with E-state index in [4.69, 9.17) is 9.47 Å². The smallest absolute Gasteiger partial charge is 0.311 e. The number of carbonyl (C=O) groups excluding carboxylic acids is 4. The summed E-state index contributed by atoms with van der Waals surface area (Å²) in [5.41, 5.74) is 1.18. The van der Waals surface area contributed by atoms with Crippen LogP contribution in [-0.4, -0.2) is 87.8 Å². The maximum absolute atomic E-state index is 13.8. The molecule has 0 bridgehead atoms. The number of nitrogens with zero attached hydrogens (tertiary/aromatic N) is 3. The molecule has 2 aliphatic rings. The first-order chi connectivity index (χ1) is 20.4. The van der Waals surface area contributed by atoms with E-state index >= 15 is 0 Å². The number of aromatic nitrogens is 2. The number of ether oxygens (including phenoxy) is 2. The second kappa shape index (κ2) is 13.7. The molecule has 234 valence electrons. The summed E-state index contributed by atoms with van der Waals surface area (Å²) in [6.07, 6.45) is 3.63. The van der Waals surface area contributed by atoms with Crippen molar-refractivity contribution in [2.75, 3.05) is 20.3 Å². The molecule has 12 nitrogen and oxygen atoms in total. The Balaban J connectivity index is 1.34. The van der Waals surface area contributed by atoms with Gasteiger partial charge >= 0.3 is 5.97 Å². The summed E-state index contributed by atoms with van der Waals surface area (Å²) >= 11 is 0. The Labute approximate surface area is 252 Å². The molecule has 0 aliphatic carbocycles. The maximum Gasteiger partial charge on any atom is 0.311 e. The van der Waals surface area contributed by atoms with E-state index in [9.17, 15) is 24.3 Å². The van der Waals surface area contributed by atoms with E-state index in [-0.39, 0.29) is 62.3 Å². The molecule has 2 aromatic rings. The zero-order valence-corrected chi connectivity index (χ0v) is 25.5. The highest BCUT2D eigenvalue weighted by molar-refractivity contribution is 5.93. The molecule has 43 heavy (non-hydrogen) atoms. The van der Waals surface area contributed by atoms with Crippen molar-refractivity contribution < 1.29 is 33.8 Å². The topological polar surface area (TPSA) is 152 Å². The third kappa shape index (κ3) is 7.99. The summed E-state index contributed by atoms with van der Waals surface area (Å²) in [7, 11) is 1.34. The fourth-order valence-electron chi connectivity index (χ4n) is 5.62. The molecule has 1 aromatic heterocycles. The zero-order chi connectivity index (χ0) is 31.3. The molecule has 0 saturated carbocycles. The minimum atomic E-state index is -0.910. The van der Waals surface area contributed by atoms with Gasteiger partial charge in [0.05, 0.1) is 31.8 Å². The Bertz CT molecular complexity index is 1300. The summed E-state index contributed by atoms with van der Waals surface area (Å²) < 4.78 is 12.4. The fourth-order valence-corrected chi connectivity index (χ4v) is 5.62. The lowest BCUT2D eigenvalue weighted by atomic mass is 9.85. The van der Waals surface area contributed by atoms with Crippen molar-refractivity contribution in [3.63, 3.8) is 0 Å². The van der Waals surface area contributed by atoms with E-state index < -0.39 is 29.5 Å². The van der Waals surface area contributed by atoms with Crippen LogP contribution in [0.15, 0.2) is 36.7 Å². The molecule has 12 heteroatoms. The quantitative estimate of drug-likeness (QED) is 0.350. The van der Waals surface area contributed by atoms with Gasteiger partial charge in [0.25, 0.3) is 0 Å². The molecular weight excluding hydrogens is 554 g/mol. The number of rotatable bonds is 10. The summed E-state index contributed by atoms with van der Waals surface area (Å²) in [6, 6.07) is 5.94. The molecule has 3 heterocycles. The first-order valence-electron chi connectivity index (χ1n) is 14.7. The van der Waals surface area contributed by atoms with Gasteiger partial charge in [-0.1, -0.05) is 32.9 Å². The van der Waals surface area contributed by atoms with Gasteiger partial charge in [-0.15, -0.1) is 0 Å². The molecule has 4 rings (SSSR count). The standard InChI is InChI=1S/C31H43N5O7/c1-19-32-12-13-35(19)22-8-6-20(7-9-22)16-33-28(39)25-15-23(37)17-36(25)29(40)27(31(2,3)4)34-26(38)11-10-24-14-21(18-43-24)30(41)42-5/h6-9,12-13,21,23-25,27,37H,10-11,14-18H2,1-5H3,(H,33,39)(H,34,38)/t21-,23+,24+,25-,27+/m0/s1. The number of aliphatic hydroxyl groups excluding tert-OH is 1. The van der Waals surface area contributed by atoms with Gasteiger partial charge in [-0.3, -0.25) is 19.2 Å². The monoisotopic (exact) mass is 597 g/mol. The summed E-state index contributed by atoms with van der Waals surface area (Å²) in [4.78, 5) is 57.4. The van der Waals surface area contributed by atoms with Crippen LogP contribution in [0, 0.1) is 18.3 Å². The Morgan fingerprint density at radius 2 is 1.88 bits per heavy atom. The van der Waals surface area contributed by atoms with Crippen LogP contribution < -0.4 is 10.6 Å². The highest BCUT2D eigenvalue weighted by atomic mass is 16.5. The molecule has 2 aliphatic heterocycles. The van der Waals surface area contributed by atoms with Gasteiger partial charge in [0, 0.05) is 44.0 Å². The molecule has 0 spiro atoms. The lowest BCUT2D eigenvalue weighted by Gasteiger charge is -2.35. The van der Waals surface area contributed by atoms with Crippen LogP contribution in [0.1, 0.15) is 57.8 Å². The van der Waals surface area contributed by atoms with E-state index in [1.54, 1.807) is 6.20 Å². The predicted octanol–water partition coefficient (Wildman–Crippen LogP) is 1.65. The molecular formula is C31H43N5O7. The molecule has 3 amide bonds. The van der Waals surface area contributed by atoms with E-state index in [1.165, 1.54) is 12.0 Å². The van der Waals surface area contributed by atoms with Crippen molar-refractivity contribution in [2.45, 2.75) is 84.2 Å². The van der Waals surface area contributed by atoms with Gasteiger partial charge in [0.1, 0.15) is 17.9 Å². The van der Waals surface area contributed by atoms with Crippen molar-refractivity contribution in [3.8, 4) is 5.69 Å². The third-order valence-corrected chi connectivity index (χ3v) is 8.10. The Kier molecular flexibility index (Phi) is 10.2. The number of aliphatic hydroxyl groups is 1. The average molecular weight is 598 g/mol. The number of imidazole rings is 1. The molecule has 5 atom stereocenters. The predicted molar refractivity (Wildman–Crippen MR) is 157 cm³/mol. The number of hydrogen-bond acceptors (Lipinski definition) is 8. The van der Waals surface area contributed by atoms with Crippen LogP contribution in [0.4, 0.5) is 0 Å². The van der Waals surface area contributed by atoms with Gasteiger partial charge in [-0.05, 0) is 42.9 Å². The summed E-state index contributed by atoms with van der Waals surface area (Å²) in [5.74, 6) is -0.897. The van der Waals surface area contributed by atoms with Crippen molar-refractivity contribution in [1.82, 2.24) is 25.1 Å². The van der Waals surface area contributed by atoms with Crippen molar-refractivity contribution in [1.29, 1.82) is 0 Å². The number of carbonyl (C=O) groups is 4. The number of nitrogens with one attached hydrogen (secondary N) is 2. The minimum Gasteiger partial charge on any atom is -0.469 e. The first kappa shape index (κ1) is 32.2. The van der Waals surface area contributed by atoms with Gasteiger partial charge in [0.15, 0.2) is 0 Å². The number of benzene rings is 1. The largest absolute Gasteiger partial charge is 0.469 e. The van der Waals surface area contributed by atoms with Crippen molar-refractivity contribution >= 4 is 23.7 Å². The molecule has 3 N–H and O–H groups in total. The van der Waals surface area contributed by atoms with Gasteiger partial charge in [-0.25, -0.2) is 4.98 Å². The van der Waals surface area contributed by atoms with Gasteiger partial charge in [-0.2, -0.15) is 0 Å². The molecule has 2 fully saturated rings. The second-order valence-corrected chi connectivity index (χ2v) is 12.4. The maximum atomic E-state index is 13.8. The minimum absolute atomic E-state index is 0.00313. The number of methoxy groups -OCH3 is 1. The van der Waals surface area contributed by atoms with Crippen LogP contribution in [0.25, 0.3) is 5.69 Å². The number of β-amino-alcohol motifs (C(OH)–C–C–N with tert-alkyl or cyclic N) is 1. The highest BCUT2D eigenvalue weighted by Gasteiger charge is 2.44. The lowest BCUT2D eigenvalue weighted by molar-refractivity contribution is -0.145. The number of amides is 3. The number of aryl methyl sites for hydroxylation is 1. The van der Waals surface area contributed by atoms with Crippen LogP contribution in [0.3, 0.4) is 0 Å². The van der Waals surface area contributed by atoms with Gasteiger partial charge in [0.2, 0.25) is 17.7 Å². The molecule has 2 saturated heterocycles. The second-order valence-electron chi connectivity index (χ2n) is 12.4. The Hall–Kier alpha value is -3.77. The number of esters is 1. The Morgan fingerprint density at radius 3 is 2.51 bits per heavy atom. The average Bonchev–Trinajstić information content (AvgIpc) is 3.72. The summed E-state index contributed by atoms with van der Waals surface area (Å²) in [5, 5.41) is 16.2. The van der Waals surface area contributed by atoms with Crippen molar-refractivity contribution in [3.05, 3.63) is 48.0 Å². The van der Waals surface area contributed by atoms with Crippen LogP contribution >= 0.6 is 0 Å². The molecule has 0 unspecified atom stereocenters. The first-order valence-corrected chi connectivity index (χ1v) is 14.7. The van der Waals surface area contributed by atoms with E-state index in [0.29, 0.717) is 12.8 Å². The van der Waals surface area contributed by atoms with E-state index in [2.05, 4.69) is 15.6 Å². The normalized spacial score (nSPS) is 22.7. The zero-order valence-electron chi connectivity index (χ0n) is 25.5. The van der Waals surface area contributed by atoms with Crippen LogP contribution in [0.5, 0.6) is 0 Å². The van der Waals surface area contributed by atoms with Crippen molar-refractivity contribution in [2.24, 2.45) is 11.3 Å². The Morgan fingerprint density at radius 1 is 1.16 bits per heavy atom. The van der Waals surface area contributed by atoms with Gasteiger partial charge < -0.3 is 34.7 Å². The third-order valence-electron chi connectivity index (χ3n) is 8.10. The van der Waals surface area contributed by atoms with Crippen LogP contribution in [0.2, 0.25) is 0 Å². The number of likely N-dealkylation sites (tertiary alicyclic amines) is 1. The van der Waals surface area contributed by atoms with E-state index in [0.717, 1.165) is 17.1 Å². The fraction of sp³-hybridized carbons (Fsp3) is 0.581. The lowest BCUT2D eigenvalue weighted by Crippen LogP contribution is -2.57. The highest BCUT2D eigenvalue weighted by Crippen LogP contribution is 2.27. The summed E-state index contributed by atoms with van der Waals surface area (Å²) in [6.45, 7) is 7.97. The molecule has 0 radical (unpaired) electrons. The SMILES string of the molecule is COC(=O)[C@@H]1CO[C@H](CCC(=O)N[C@H](C(=O)N2C[C@H](O)C[C@H]2C(=O)NCc2ccc(-n3ccnc3C)cc2)C(C)(C)C)C1. The van der Waals surface area contributed by atoms with E-state index in [1.807, 2.05) is 62.7 Å². The van der Waals surface area contributed by atoms with Crippen LogP contribution in [-0.2, 0) is 35.2 Å². The number of hydrogen-bond donors (Lipinski definition) is 3.